The maximum Gasteiger partial charge on any atom is 0.471 e. The smallest absolute Gasteiger partial charge is 0.398 e. The minimum atomic E-state index is -5.36. The van der Waals surface area contributed by atoms with Crippen LogP contribution in [0.2, 0.25) is 0 Å². The predicted molar refractivity (Wildman–Crippen MR) is 58.8 cm³/mol. The predicted octanol–water partition coefficient (Wildman–Crippen LogP) is 1.59. The van der Waals surface area contributed by atoms with E-state index < -0.39 is 44.7 Å². The van der Waals surface area contributed by atoms with Crippen molar-refractivity contribution < 1.29 is 27.8 Å². The number of nitrogens with zero attached hydrogens (tertiary/aromatic N) is 2. The van der Waals surface area contributed by atoms with Crippen molar-refractivity contribution in [2.75, 3.05) is 11.1 Å². The third-order valence-electron chi connectivity index (χ3n) is 2.01. The van der Waals surface area contributed by atoms with Gasteiger partial charge >= 0.3 is 23.5 Å². The van der Waals surface area contributed by atoms with Crippen LogP contribution in [0, 0.1) is 20.2 Å². The highest BCUT2D eigenvalue weighted by atomic mass is 19.4. The van der Waals surface area contributed by atoms with Crippen molar-refractivity contribution in [3.8, 4) is 0 Å². The summed E-state index contributed by atoms with van der Waals surface area (Å²) in [7, 11) is 0. The molecular weight excluding hydrogens is 289 g/mol. The number of carbonyl (C=O) groups excluding carboxylic acids is 1. The quantitative estimate of drug-likeness (QED) is 0.492. The van der Waals surface area contributed by atoms with Crippen LogP contribution in [0.4, 0.5) is 35.9 Å². The molecule has 0 radical (unpaired) electrons. The molecule has 3 N–H and O–H groups in total. The van der Waals surface area contributed by atoms with Crippen molar-refractivity contribution in [3.63, 3.8) is 0 Å². The third kappa shape index (κ3) is 3.09. The molecule has 0 saturated heterocycles. The maximum absolute atomic E-state index is 12.1. The Kier molecular flexibility index (Phi) is 3.77. The van der Waals surface area contributed by atoms with Crippen molar-refractivity contribution in [2.45, 2.75) is 6.18 Å². The molecule has 0 spiro atoms. The number of nitro benzene ring substituents is 2. The molecule has 1 aromatic carbocycles. The summed E-state index contributed by atoms with van der Waals surface area (Å²) in [6.07, 6.45) is -5.36. The van der Waals surface area contributed by atoms with Gasteiger partial charge in [-0.3, -0.25) is 25.0 Å². The zero-order valence-electron chi connectivity index (χ0n) is 9.30. The molecule has 0 fully saturated rings. The Labute approximate surface area is 107 Å². The Hall–Kier alpha value is -2.92. The van der Waals surface area contributed by atoms with Gasteiger partial charge in [-0.15, -0.1) is 0 Å². The van der Waals surface area contributed by atoms with Crippen molar-refractivity contribution in [3.05, 3.63) is 32.4 Å². The number of nitrogens with one attached hydrogen (secondary N) is 1. The normalized spacial score (nSPS) is 10.9. The zero-order valence-corrected chi connectivity index (χ0v) is 9.30. The van der Waals surface area contributed by atoms with Gasteiger partial charge in [-0.1, -0.05) is 0 Å². The molecule has 0 saturated carbocycles. The number of hydrogen-bond acceptors (Lipinski definition) is 6. The molecule has 0 aliphatic carbocycles. The van der Waals surface area contributed by atoms with Gasteiger partial charge in [-0.25, -0.2) is 0 Å². The number of amides is 1. The number of alkyl halides is 3. The molecule has 0 aromatic heterocycles. The highest BCUT2D eigenvalue weighted by molar-refractivity contribution is 5.99. The Morgan fingerprint density at radius 2 is 1.55 bits per heavy atom. The lowest BCUT2D eigenvalue weighted by molar-refractivity contribution is -0.392. The van der Waals surface area contributed by atoms with E-state index in [2.05, 4.69) is 0 Å². The van der Waals surface area contributed by atoms with Crippen LogP contribution in [0.15, 0.2) is 12.1 Å². The first-order valence-corrected chi connectivity index (χ1v) is 4.64. The van der Waals surface area contributed by atoms with E-state index in [1.54, 1.807) is 0 Å². The molecule has 108 valence electrons. The van der Waals surface area contributed by atoms with E-state index >= 15 is 0 Å². The molecule has 1 aromatic rings. The highest BCUT2D eigenvalue weighted by Crippen LogP contribution is 2.37. The van der Waals surface area contributed by atoms with Crippen LogP contribution in [-0.4, -0.2) is 21.9 Å². The number of anilines is 2. The molecule has 1 amide bonds. The van der Waals surface area contributed by atoms with E-state index in [-0.39, 0.29) is 0 Å². The fourth-order valence-corrected chi connectivity index (χ4v) is 1.23. The first-order valence-electron chi connectivity index (χ1n) is 4.64. The first-order chi connectivity index (χ1) is 9.04. The SMILES string of the molecule is Nc1cc([N+](=O)[O-])c(NC(=O)C(F)(F)F)c([N+](=O)[O-])c1. The average molecular weight is 294 g/mol. The minimum Gasteiger partial charge on any atom is -0.398 e. The average Bonchev–Trinajstić information content (AvgIpc) is 2.28. The molecule has 0 atom stereocenters. The van der Waals surface area contributed by atoms with Gasteiger partial charge in [0.25, 0.3) is 0 Å². The van der Waals surface area contributed by atoms with Crippen molar-refractivity contribution >= 4 is 28.7 Å². The summed E-state index contributed by atoms with van der Waals surface area (Å²) in [5, 5.41) is 22.5. The molecule has 20 heavy (non-hydrogen) atoms. The van der Waals surface area contributed by atoms with E-state index in [1.165, 1.54) is 0 Å². The maximum atomic E-state index is 12.1. The van der Waals surface area contributed by atoms with E-state index in [4.69, 9.17) is 5.73 Å². The second-order valence-electron chi connectivity index (χ2n) is 3.40. The number of rotatable bonds is 3. The van der Waals surface area contributed by atoms with E-state index in [0.29, 0.717) is 12.1 Å². The lowest BCUT2D eigenvalue weighted by Crippen LogP contribution is -2.30. The van der Waals surface area contributed by atoms with Crippen LogP contribution >= 0.6 is 0 Å². The van der Waals surface area contributed by atoms with Gasteiger partial charge < -0.3 is 11.1 Å². The Morgan fingerprint density at radius 1 is 1.15 bits per heavy atom. The van der Waals surface area contributed by atoms with Crippen LogP contribution in [0.3, 0.4) is 0 Å². The van der Waals surface area contributed by atoms with Crippen molar-refractivity contribution in [1.29, 1.82) is 0 Å². The third-order valence-corrected chi connectivity index (χ3v) is 2.01. The fourth-order valence-electron chi connectivity index (χ4n) is 1.23. The van der Waals surface area contributed by atoms with Gasteiger partial charge in [0.05, 0.1) is 9.85 Å². The standard InChI is InChI=1S/C8H5F3N4O5/c9-8(10,11)7(16)13-6-4(14(17)18)1-3(12)2-5(6)15(19)20/h1-2H,12H2,(H,13,16). The fraction of sp³-hybridized carbons (Fsp3) is 0.125. The van der Waals surface area contributed by atoms with Crippen LogP contribution in [0.25, 0.3) is 0 Å². The second kappa shape index (κ2) is 4.99. The van der Waals surface area contributed by atoms with Gasteiger partial charge in [0, 0.05) is 17.8 Å². The van der Waals surface area contributed by atoms with Gasteiger partial charge in [0.15, 0.2) is 5.69 Å². The largest absolute Gasteiger partial charge is 0.471 e. The zero-order chi connectivity index (χ0) is 15.7. The van der Waals surface area contributed by atoms with Crippen LogP contribution < -0.4 is 11.1 Å². The lowest BCUT2D eigenvalue weighted by atomic mass is 10.2. The van der Waals surface area contributed by atoms with E-state index in [0.717, 1.165) is 5.32 Å². The summed E-state index contributed by atoms with van der Waals surface area (Å²) in [5.41, 5.74) is 1.35. The first kappa shape index (κ1) is 15.1. The molecule has 1 rings (SSSR count). The topological polar surface area (TPSA) is 141 Å². The second-order valence-corrected chi connectivity index (χ2v) is 3.40. The summed E-state index contributed by atoms with van der Waals surface area (Å²) in [6.45, 7) is 0. The number of hydrogen-bond donors (Lipinski definition) is 2. The van der Waals surface area contributed by atoms with Crippen molar-refractivity contribution in [1.82, 2.24) is 0 Å². The van der Waals surface area contributed by atoms with Crippen LogP contribution in [-0.2, 0) is 4.79 Å². The summed E-state index contributed by atoms with van der Waals surface area (Å²) in [6, 6.07) is 1.19. The number of benzene rings is 1. The number of halogens is 3. The number of nitro groups is 2. The molecule has 0 aliphatic heterocycles. The number of nitrogen functional groups attached to an aromatic ring is 1. The summed E-state index contributed by atoms with van der Waals surface area (Å²) < 4.78 is 36.3. The summed E-state index contributed by atoms with van der Waals surface area (Å²) in [4.78, 5) is 29.7. The molecule has 0 aliphatic rings. The Morgan fingerprint density at radius 3 is 1.85 bits per heavy atom. The number of nitrogens with two attached hydrogens (primary N) is 1. The number of carbonyl (C=O) groups is 1. The van der Waals surface area contributed by atoms with Gasteiger partial charge in [0.2, 0.25) is 0 Å². The highest BCUT2D eigenvalue weighted by Gasteiger charge is 2.41. The van der Waals surface area contributed by atoms with Crippen LogP contribution in [0.5, 0.6) is 0 Å². The monoisotopic (exact) mass is 294 g/mol. The Balaban J connectivity index is 3.45. The lowest BCUT2D eigenvalue weighted by Gasteiger charge is -2.09. The van der Waals surface area contributed by atoms with Crippen LogP contribution in [0.1, 0.15) is 0 Å². The molecule has 0 bridgehead atoms. The summed E-state index contributed by atoms with van der Waals surface area (Å²) in [5.74, 6) is -2.58. The molecule has 9 nitrogen and oxygen atoms in total. The van der Waals surface area contributed by atoms with E-state index in [1.807, 2.05) is 0 Å². The van der Waals surface area contributed by atoms with Gasteiger partial charge in [-0.05, 0) is 0 Å². The van der Waals surface area contributed by atoms with Crippen molar-refractivity contribution in [2.24, 2.45) is 0 Å². The Bertz CT molecular complexity index is 565. The van der Waals surface area contributed by atoms with Gasteiger partial charge in [-0.2, -0.15) is 13.2 Å². The minimum absolute atomic E-state index is 0.409. The molecule has 0 heterocycles. The summed E-state index contributed by atoms with van der Waals surface area (Å²) >= 11 is 0. The van der Waals surface area contributed by atoms with E-state index in [9.17, 15) is 38.2 Å². The van der Waals surface area contributed by atoms with Gasteiger partial charge in [0.1, 0.15) is 0 Å². The molecule has 12 heteroatoms. The molecule has 0 unspecified atom stereocenters. The molecular formula is C8H5F3N4O5.